The normalized spacial score (nSPS) is 15.2. The number of carbonyl (C=O) groups excluding carboxylic acids is 2. The molecule has 3 aromatic carbocycles. The molecule has 6 heteroatoms. The average molecular weight is 433 g/mol. The van der Waals surface area contributed by atoms with Crippen molar-refractivity contribution in [3.63, 3.8) is 0 Å². The fraction of sp³-hybridized carbons (Fsp3) is 0.125. The standard InChI is InChI=1S/C24H20N2O2S2/c1-16-6-8-17(9-7-16)14-21-23(28)26(24(29)30-21)13-12-22(27)25-20-11-10-18-4-2-3-5-19(18)15-20/h2-11,14-15H,12-13H2,1H3,(H,25,27)/b21-14-. The second-order valence-corrected chi connectivity index (χ2v) is 8.78. The van der Waals surface area contributed by atoms with Crippen LogP contribution in [0.15, 0.2) is 71.6 Å². The highest BCUT2D eigenvalue weighted by molar-refractivity contribution is 8.26. The highest BCUT2D eigenvalue weighted by Crippen LogP contribution is 2.32. The molecule has 0 bridgehead atoms. The zero-order chi connectivity index (χ0) is 21.1. The topological polar surface area (TPSA) is 49.4 Å². The van der Waals surface area contributed by atoms with Crippen molar-refractivity contribution in [2.45, 2.75) is 13.3 Å². The Labute approximate surface area is 185 Å². The van der Waals surface area contributed by atoms with E-state index in [1.165, 1.54) is 16.7 Å². The van der Waals surface area contributed by atoms with Crippen LogP contribution >= 0.6 is 24.0 Å². The van der Waals surface area contributed by atoms with E-state index < -0.39 is 0 Å². The minimum atomic E-state index is -0.151. The molecule has 3 aromatic rings. The van der Waals surface area contributed by atoms with E-state index in [1.54, 1.807) is 0 Å². The Balaban J connectivity index is 1.37. The van der Waals surface area contributed by atoms with E-state index in [4.69, 9.17) is 12.2 Å². The Morgan fingerprint density at radius 3 is 2.57 bits per heavy atom. The molecule has 1 aliphatic heterocycles. The third-order valence-corrected chi connectivity index (χ3v) is 6.22. The molecule has 1 heterocycles. The molecular formula is C24H20N2O2S2. The Bertz CT molecular complexity index is 1170. The summed E-state index contributed by atoms with van der Waals surface area (Å²) >= 11 is 6.64. The van der Waals surface area contributed by atoms with Crippen LogP contribution in [0, 0.1) is 6.92 Å². The molecule has 2 amide bonds. The fourth-order valence-electron chi connectivity index (χ4n) is 3.21. The lowest BCUT2D eigenvalue weighted by atomic mass is 10.1. The lowest BCUT2D eigenvalue weighted by Gasteiger charge is -2.14. The van der Waals surface area contributed by atoms with Crippen molar-refractivity contribution in [3.05, 3.63) is 82.8 Å². The number of anilines is 1. The number of thiocarbonyl (C=S) groups is 1. The van der Waals surface area contributed by atoms with E-state index in [-0.39, 0.29) is 24.8 Å². The minimum Gasteiger partial charge on any atom is -0.326 e. The number of nitrogens with one attached hydrogen (secondary N) is 1. The molecule has 30 heavy (non-hydrogen) atoms. The molecule has 0 spiro atoms. The molecule has 0 saturated carbocycles. The third kappa shape index (κ3) is 4.61. The number of rotatable bonds is 5. The van der Waals surface area contributed by atoms with Gasteiger partial charge in [0.1, 0.15) is 4.32 Å². The summed E-state index contributed by atoms with van der Waals surface area (Å²) in [6.45, 7) is 2.28. The van der Waals surface area contributed by atoms with Gasteiger partial charge in [0.15, 0.2) is 0 Å². The van der Waals surface area contributed by atoms with Gasteiger partial charge in [-0.15, -0.1) is 0 Å². The number of hydrogen-bond acceptors (Lipinski definition) is 4. The van der Waals surface area contributed by atoms with E-state index in [1.807, 2.05) is 79.7 Å². The molecule has 1 saturated heterocycles. The highest BCUT2D eigenvalue weighted by atomic mass is 32.2. The van der Waals surface area contributed by atoms with Gasteiger partial charge in [-0.2, -0.15) is 0 Å². The van der Waals surface area contributed by atoms with Gasteiger partial charge in [0, 0.05) is 18.7 Å². The second-order valence-electron chi connectivity index (χ2n) is 7.10. The first-order chi connectivity index (χ1) is 14.5. The van der Waals surface area contributed by atoms with Crippen molar-refractivity contribution in [3.8, 4) is 0 Å². The van der Waals surface area contributed by atoms with Gasteiger partial charge in [-0.25, -0.2) is 0 Å². The van der Waals surface area contributed by atoms with Crippen LogP contribution < -0.4 is 5.32 Å². The lowest BCUT2D eigenvalue weighted by Crippen LogP contribution is -2.31. The smallest absolute Gasteiger partial charge is 0.266 e. The summed E-state index contributed by atoms with van der Waals surface area (Å²) in [5, 5.41) is 5.08. The summed E-state index contributed by atoms with van der Waals surface area (Å²) in [7, 11) is 0. The number of carbonyl (C=O) groups is 2. The summed E-state index contributed by atoms with van der Waals surface area (Å²) in [6.07, 6.45) is 2.02. The molecule has 150 valence electrons. The second kappa shape index (κ2) is 8.81. The van der Waals surface area contributed by atoms with Gasteiger partial charge < -0.3 is 5.32 Å². The van der Waals surface area contributed by atoms with E-state index in [9.17, 15) is 9.59 Å². The summed E-state index contributed by atoms with van der Waals surface area (Å²) < 4.78 is 0.483. The highest BCUT2D eigenvalue weighted by Gasteiger charge is 2.32. The molecule has 1 aliphatic rings. The van der Waals surface area contributed by atoms with Gasteiger partial charge in [0.25, 0.3) is 5.91 Å². The van der Waals surface area contributed by atoms with Crippen molar-refractivity contribution in [1.82, 2.24) is 4.90 Å². The van der Waals surface area contributed by atoms with Gasteiger partial charge >= 0.3 is 0 Å². The summed E-state index contributed by atoms with van der Waals surface area (Å²) in [5.41, 5.74) is 2.86. The Kier molecular flexibility index (Phi) is 5.97. The van der Waals surface area contributed by atoms with Crippen LogP contribution in [0.2, 0.25) is 0 Å². The number of thioether (sulfide) groups is 1. The minimum absolute atomic E-state index is 0.149. The van der Waals surface area contributed by atoms with Gasteiger partial charge in [0.2, 0.25) is 5.91 Å². The van der Waals surface area contributed by atoms with Crippen LogP contribution in [0.5, 0.6) is 0 Å². The Morgan fingerprint density at radius 1 is 1.07 bits per heavy atom. The zero-order valence-corrected chi connectivity index (χ0v) is 18.1. The molecule has 0 unspecified atom stereocenters. The first-order valence-corrected chi connectivity index (χ1v) is 10.8. The number of fused-ring (bicyclic) bond motifs is 1. The van der Waals surface area contributed by atoms with Crippen molar-refractivity contribution >= 4 is 62.7 Å². The quantitative estimate of drug-likeness (QED) is 0.434. The van der Waals surface area contributed by atoms with Crippen molar-refractivity contribution in [1.29, 1.82) is 0 Å². The van der Waals surface area contributed by atoms with Crippen LogP contribution in [-0.4, -0.2) is 27.6 Å². The van der Waals surface area contributed by atoms with Crippen molar-refractivity contribution < 1.29 is 9.59 Å². The van der Waals surface area contributed by atoms with E-state index in [0.717, 1.165) is 27.6 Å². The largest absolute Gasteiger partial charge is 0.326 e. The molecule has 0 atom stereocenters. The van der Waals surface area contributed by atoms with Crippen LogP contribution in [0.1, 0.15) is 17.5 Å². The molecule has 4 rings (SSSR count). The lowest BCUT2D eigenvalue weighted by molar-refractivity contribution is -0.122. The average Bonchev–Trinajstić information content (AvgIpc) is 3.00. The number of amides is 2. The van der Waals surface area contributed by atoms with E-state index in [2.05, 4.69) is 5.32 Å². The molecule has 1 fully saturated rings. The first kappa shape index (κ1) is 20.3. The molecule has 4 nitrogen and oxygen atoms in total. The van der Waals surface area contributed by atoms with E-state index >= 15 is 0 Å². The first-order valence-electron chi connectivity index (χ1n) is 9.60. The molecule has 0 radical (unpaired) electrons. The van der Waals surface area contributed by atoms with Crippen LogP contribution in [-0.2, 0) is 9.59 Å². The zero-order valence-electron chi connectivity index (χ0n) is 16.4. The Morgan fingerprint density at radius 2 is 1.80 bits per heavy atom. The predicted molar refractivity (Wildman–Crippen MR) is 128 cm³/mol. The van der Waals surface area contributed by atoms with Crippen LogP contribution in [0.3, 0.4) is 0 Å². The van der Waals surface area contributed by atoms with Gasteiger partial charge in [-0.3, -0.25) is 14.5 Å². The van der Waals surface area contributed by atoms with Crippen molar-refractivity contribution in [2.24, 2.45) is 0 Å². The number of benzene rings is 3. The van der Waals surface area contributed by atoms with Gasteiger partial charge in [-0.05, 0) is 41.5 Å². The number of nitrogens with zero attached hydrogens (tertiary/aromatic N) is 1. The van der Waals surface area contributed by atoms with Crippen LogP contribution in [0.4, 0.5) is 5.69 Å². The molecule has 1 N–H and O–H groups in total. The van der Waals surface area contributed by atoms with Crippen molar-refractivity contribution in [2.75, 3.05) is 11.9 Å². The maximum Gasteiger partial charge on any atom is 0.266 e. The Hall–Kier alpha value is -2.96. The molecular weight excluding hydrogens is 412 g/mol. The SMILES string of the molecule is Cc1ccc(/C=C2\SC(=S)N(CCC(=O)Nc3ccc4ccccc4c3)C2=O)cc1. The molecule has 0 aromatic heterocycles. The van der Waals surface area contributed by atoms with E-state index in [0.29, 0.717) is 9.23 Å². The number of hydrogen-bond donors (Lipinski definition) is 1. The maximum absolute atomic E-state index is 12.7. The third-order valence-electron chi connectivity index (χ3n) is 4.84. The summed E-state index contributed by atoms with van der Waals surface area (Å²) in [4.78, 5) is 27.2. The summed E-state index contributed by atoms with van der Waals surface area (Å²) in [6, 6.07) is 21.7. The number of aryl methyl sites for hydroxylation is 1. The summed E-state index contributed by atoms with van der Waals surface area (Å²) in [5.74, 6) is -0.300. The molecule has 0 aliphatic carbocycles. The van der Waals surface area contributed by atoms with Gasteiger partial charge in [-0.1, -0.05) is 84.1 Å². The monoisotopic (exact) mass is 432 g/mol. The maximum atomic E-state index is 12.7. The van der Waals surface area contributed by atoms with Gasteiger partial charge in [0.05, 0.1) is 4.91 Å². The predicted octanol–water partition coefficient (Wildman–Crippen LogP) is 5.38. The fourth-order valence-corrected chi connectivity index (χ4v) is 4.52. The van der Waals surface area contributed by atoms with Crippen LogP contribution in [0.25, 0.3) is 16.8 Å².